The monoisotopic (exact) mass is 525 g/mol. The topological polar surface area (TPSA) is 74.6 Å². The second-order valence-corrected chi connectivity index (χ2v) is 9.14. The van der Waals surface area contributed by atoms with Gasteiger partial charge in [0, 0.05) is 36.9 Å². The zero-order valence-electron chi connectivity index (χ0n) is 21.2. The van der Waals surface area contributed by atoms with Gasteiger partial charge in [0.05, 0.1) is 23.8 Å². The van der Waals surface area contributed by atoms with E-state index in [1.807, 2.05) is 31.2 Å². The Balaban J connectivity index is 1.45. The molecular formula is C28H26F3N3O4. The van der Waals surface area contributed by atoms with Crippen molar-refractivity contribution in [1.82, 2.24) is 9.55 Å². The maximum absolute atomic E-state index is 14.0. The summed E-state index contributed by atoms with van der Waals surface area (Å²) in [6, 6.07) is 15.5. The summed E-state index contributed by atoms with van der Waals surface area (Å²) in [5, 5.41) is 3.32. The van der Waals surface area contributed by atoms with Gasteiger partial charge in [0.25, 0.3) is 0 Å². The minimum atomic E-state index is -4.65. The predicted octanol–water partition coefficient (Wildman–Crippen LogP) is 6.36. The highest BCUT2D eigenvalue weighted by Gasteiger charge is 2.38. The summed E-state index contributed by atoms with van der Waals surface area (Å²) in [6.07, 6.45) is -5.43. The van der Waals surface area contributed by atoms with Crippen LogP contribution in [-0.2, 0) is 22.3 Å². The Morgan fingerprint density at radius 2 is 1.95 bits per heavy atom. The van der Waals surface area contributed by atoms with Crippen LogP contribution >= 0.6 is 0 Å². The molecule has 0 aliphatic carbocycles. The third kappa shape index (κ3) is 4.62. The van der Waals surface area contributed by atoms with E-state index in [0.717, 1.165) is 21.4 Å². The van der Waals surface area contributed by atoms with E-state index in [1.54, 1.807) is 31.2 Å². The van der Waals surface area contributed by atoms with Crippen LogP contribution in [0.3, 0.4) is 0 Å². The lowest BCUT2D eigenvalue weighted by Crippen LogP contribution is -2.18. The Morgan fingerprint density at radius 3 is 2.66 bits per heavy atom. The number of methoxy groups -OCH3 is 1. The largest absolute Gasteiger partial charge is 0.497 e. The van der Waals surface area contributed by atoms with Gasteiger partial charge in [-0.25, -0.2) is 4.98 Å². The Bertz CT molecular complexity index is 1530. The molecule has 3 aromatic carbocycles. The number of imidazole rings is 1. The number of anilines is 1. The number of ether oxygens (including phenoxy) is 3. The van der Waals surface area contributed by atoms with E-state index < -0.39 is 18.1 Å². The van der Waals surface area contributed by atoms with Gasteiger partial charge in [-0.1, -0.05) is 12.1 Å². The summed E-state index contributed by atoms with van der Waals surface area (Å²) in [7, 11) is 1.45. The Labute approximate surface area is 217 Å². The number of carbonyl (C=O) groups excluding carboxylic acids is 1. The Morgan fingerprint density at radius 1 is 1.16 bits per heavy atom. The van der Waals surface area contributed by atoms with Crippen LogP contribution in [0.5, 0.6) is 11.5 Å². The van der Waals surface area contributed by atoms with Gasteiger partial charge in [-0.15, -0.1) is 0 Å². The lowest BCUT2D eigenvalue weighted by atomic mass is 10.0. The molecule has 2 heterocycles. The second-order valence-electron chi connectivity index (χ2n) is 9.14. The fourth-order valence-corrected chi connectivity index (χ4v) is 4.76. The summed E-state index contributed by atoms with van der Waals surface area (Å²) >= 11 is 0. The molecule has 0 fully saturated rings. The van der Waals surface area contributed by atoms with Crippen LogP contribution in [0, 0.1) is 6.92 Å². The zero-order chi connectivity index (χ0) is 27.2. The zero-order valence-corrected chi connectivity index (χ0v) is 21.2. The summed E-state index contributed by atoms with van der Waals surface area (Å²) in [5.74, 6) is -0.331. The van der Waals surface area contributed by atoms with Crippen LogP contribution in [-0.4, -0.2) is 28.7 Å². The molecule has 1 unspecified atom stereocenters. The first-order valence-electron chi connectivity index (χ1n) is 12.0. The summed E-state index contributed by atoms with van der Waals surface area (Å²) in [6.45, 7) is 5.35. The normalized spacial score (nSPS) is 16.7. The van der Waals surface area contributed by atoms with Crippen LogP contribution in [0.4, 0.5) is 18.9 Å². The number of hydrogen-bond acceptors (Lipinski definition) is 6. The van der Waals surface area contributed by atoms with Crippen molar-refractivity contribution < 1.29 is 32.2 Å². The average molecular weight is 526 g/mol. The molecule has 5 rings (SSSR count). The van der Waals surface area contributed by atoms with Gasteiger partial charge in [-0.2, -0.15) is 13.2 Å². The van der Waals surface area contributed by atoms with Crippen LogP contribution in [0.15, 0.2) is 54.6 Å². The van der Waals surface area contributed by atoms with Crippen molar-refractivity contribution >= 4 is 22.7 Å². The SMILES string of the molecule is COc1ccc2c(c1)nc(C(F)(F)F)n2-c1cccc(CNc2ccc3c(c2)OC(C)[C@H]3OC(C)=O)c1C. The molecule has 198 valence electrons. The first kappa shape index (κ1) is 25.4. The van der Waals surface area contributed by atoms with Crippen molar-refractivity contribution in [2.45, 2.75) is 45.7 Å². The number of nitrogens with zero attached hydrogens (tertiary/aromatic N) is 2. The van der Waals surface area contributed by atoms with Crippen molar-refractivity contribution in [3.63, 3.8) is 0 Å². The van der Waals surface area contributed by atoms with E-state index in [-0.39, 0.29) is 17.6 Å². The van der Waals surface area contributed by atoms with Crippen molar-refractivity contribution in [1.29, 1.82) is 0 Å². The van der Waals surface area contributed by atoms with Crippen molar-refractivity contribution in [3.8, 4) is 17.2 Å². The molecule has 1 aromatic heterocycles. The highest BCUT2D eigenvalue weighted by Crippen LogP contribution is 2.41. The first-order chi connectivity index (χ1) is 18.1. The van der Waals surface area contributed by atoms with E-state index in [4.69, 9.17) is 14.2 Å². The molecule has 1 aliphatic rings. The van der Waals surface area contributed by atoms with Gasteiger partial charge < -0.3 is 19.5 Å². The molecule has 1 N–H and O–H groups in total. The molecule has 0 bridgehead atoms. The number of aromatic nitrogens is 2. The molecule has 0 saturated carbocycles. The summed E-state index contributed by atoms with van der Waals surface area (Å²) < 4.78 is 59.6. The Hall–Kier alpha value is -4.21. The number of nitrogens with one attached hydrogen (secondary N) is 1. The quantitative estimate of drug-likeness (QED) is 0.296. The molecule has 7 nitrogen and oxygen atoms in total. The maximum Gasteiger partial charge on any atom is 0.450 e. The molecule has 0 radical (unpaired) electrons. The fourth-order valence-electron chi connectivity index (χ4n) is 4.76. The van der Waals surface area contributed by atoms with Gasteiger partial charge in [0.2, 0.25) is 5.82 Å². The van der Waals surface area contributed by atoms with Crippen LogP contribution in [0.25, 0.3) is 16.7 Å². The highest BCUT2D eigenvalue weighted by molar-refractivity contribution is 5.80. The third-order valence-corrected chi connectivity index (χ3v) is 6.61. The molecule has 4 aromatic rings. The highest BCUT2D eigenvalue weighted by atomic mass is 19.4. The van der Waals surface area contributed by atoms with E-state index >= 15 is 0 Å². The van der Waals surface area contributed by atoms with Crippen molar-refractivity contribution in [2.75, 3.05) is 12.4 Å². The number of benzene rings is 3. The summed E-state index contributed by atoms with van der Waals surface area (Å²) in [4.78, 5) is 15.3. The van der Waals surface area contributed by atoms with Crippen molar-refractivity contribution in [2.24, 2.45) is 0 Å². The minimum Gasteiger partial charge on any atom is -0.497 e. The molecule has 0 saturated heterocycles. The standard InChI is InChI=1S/C28H26F3N3O4/c1-15-18(14-32-19-8-10-21-25(12-19)37-16(2)26(21)38-17(3)35)6-5-7-23(15)34-24-11-9-20(36-4)13-22(24)33-27(34)28(29,30)31/h5-13,16,26,32H,14H2,1-4H3/t16?,26-/m1/s1. The molecule has 10 heteroatoms. The van der Waals surface area contributed by atoms with E-state index in [2.05, 4.69) is 10.3 Å². The molecular weight excluding hydrogens is 499 g/mol. The number of carbonyl (C=O) groups is 1. The number of fused-ring (bicyclic) bond motifs is 2. The summed E-state index contributed by atoms with van der Waals surface area (Å²) in [5.41, 5.74) is 3.97. The van der Waals surface area contributed by atoms with Gasteiger partial charge >= 0.3 is 12.1 Å². The number of hydrogen-bond donors (Lipinski definition) is 1. The van der Waals surface area contributed by atoms with Gasteiger partial charge in [-0.05, 0) is 55.3 Å². The lowest BCUT2D eigenvalue weighted by Gasteiger charge is -2.17. The minimum absolute atomic E-state index is 0.194. The maximum atomic E-state index is 14.0. The van der Waals surface area contributed by atoms with Crippen LogP contribution < -0.4 is 14.8 Å². The second kappa shape index (κ2) is 9.59. The van der Waals surface area contributed by atoms with Crippen molar-refractivity contribution in [3.05, 3.63) is 77.1 Å². The van der Waals surface area contributed by atoms with E-state index in [0.29, 0.717) is 34.8 Å². The van der Waals surface area contributed by atoms with Gasteiger partial charge in [0.1, 0.15) is 17.6 Å². The first-order valence-corrected chi connectivity index (χ1v) is 12.0. The van der Waals surface area contributed by atoms with E-state index in [1.165, 1.54) is 20.1 Å². The van der Waals surface area contributed by atoms with Crippen LogP contribution in [0.2, 0.25) is 0 Å². The van der Waals surface area contributed by atoms with Gasteiger partial charge in [-0.3, -0.25) is 9.36 Å². The Kier molecular flexibility index (Phi) is 6.42. The smallest absolute Gasteiger partial charge is 0.450 e. The number of rotatable bonds is 6. The van der Waals surface area contributed by atoms with Gasteiger partial charge in [0.15, 0.2) is 6.10 Å². The number of esters is 1. The third-order valence-electron chi connectivity index (χ3n) is 6.61. The predicted molar refractivity (Wildman–Crippen MR) is 136 cm³/mol. The molecule has 0 amide bonds. The average Bonchev–Trinajstić information content (AvgIpc) is 3.40. The molecule has 38 heavy (non-hydrogen) atoms. The lowest BCUT2D eigenvalue weighted by molar-refractivity contribution is -0.149. The number of alkyl halides is 3. The van der Waals surface area contributed by atoms with Crippen LogP contribution in [0.1, 0.15) is 42.5 Å². The van der Waals surface area contributed by atoms with E-state index in [9.17, 15) is 18.0 Å². The molecule has 2 atom stereocenters. The molecule has 0 spiro atoms. The molecule has 1 aliphatic heterocycles. The number of halogens is 3. The fraction of sp³-hybridized carbons (Fsp3) is 0.286.